The topological polar surface area (TPSA) is 243 Å². The smallest absolute Gasteiger partial charge is 0.862 e. The molecule has 224 valence electrons. The van der Waals surface area contributed by atoms with Gasteiger partial charge in [-0.2, -0.15) is 0 Å². The van der Waals surface area contributed by atoms with Crippen molar-refractivity contribution in [1.29, 1.82) is 0 Å². The number of aliphatic imine (C=N–C) groups is 1. The second kappa shape index (κ2) is 20.3. The number of ether oxygens (including phenoxy) is 4. The maximum atomic E-state index is 11.8. The summed E-state index contributed by atoms with van der Waals surface area (Å²) in [4.78, 5) is 24.1. The zero-order chi connectivity index (χ0) is 28.5. The molecule has 2 aliphatic rings. The SMILES string of the molecule is CCCCCCCCO[C@@H]1O[C@H](COP(=O)([O-])O)[C@@H](O[C@@H]2O[C@H](CO)[C@H](O)[C@H](O)[C@H]2O)[C@H](O)[C@H]1N=C(C)[O-].[Na+].[Na+]. The van der Waals surface area contributed by atoms with Gasteiger partial charge in [0.25, 0.3) is 7.82 Å². The summed E-state index contributed by atoms with van der Waals surface area (Å²) in [7, 11) is -5.24. The van der Waals surface area contributed by atoms with Crippen LogP contribution in [0.2, 0.25) is 0 Å². The van der Waals surface area contributed by atoms with Crippen LogP contribution in [0.3, 0.4) is 0 Å². The second-order valence-corrected chi connectivity index (χ2v) is 10.6. The first-order valence-electron chi connectivity index (χ1n) is 12.7. The van der Waals surface area contributed by atoms with E-state index in [0.29, 0.717) is 6.42 Å². The summed E-state index contributed by atoms with van der Waals surface area (Å²) in [5.74, 6) is -0.675. The zero-order valence-electron chi connectivity index (χ0n) is 23.5. The molecule has 0 aromatic carbocycles. The number of aliphatic hydroxyl groups excluding tert-OH is 5. The van der Waals surface area contributed by atoms with E-state index in [9.17, 15) is 40.1 Å². The molecule has 18 heteroatoms. The quantitative estimate of drug-likeness (QED) is 0.0328. The standard InChI is InChI=1S/C22H42NO14P.2Na/c1-3-4-5-6-7-8-9-33-21-15(23-12(2)25)17(27)20(14(36-21)11-34-38(30,31)32)37-22-19(29)18(28)16(26)13(10-24)35-22;;/h13-22,24,26-29H,3-11H2,1-2H3,(H,23,25)(H2,30,31,32);;/q;2*+1/p-2/t13-,14-,15-,16+,17-,18+,19-,20-,21-,22+;;/m1../s1. The molecule has 2 rings (SSSR count). The van der Waals surface area contributed by atoms with Crippen LogP contribution in [0.1, 0.15) is 52.4 Å². The molecule has 0 bridgehead atoms. The van der Waals surface area contributed by atoms with Gasteiger partial charge in [0, 0.05) is 6.61 Å². The first kappa shape index (κ1) is 41.2. The Kier molecular flexibility index (Phi) is 20.9. The Morgan fingerprint density at radius 1 is 0.925 bits per heavy atom. The molecular formula is C22H40NNa2O14P. The molecule has 11 atom stereocenters. The third-order valence-corrected chi connectivity index (χ3v) is 6.77. The summed E-state index contributed by atoms with van der Waals surface area (Å²) in [5.41, 5.74) is 0. The van der Waals surface area contributed by atoms with Crippen LogP contribution in [-0.4, -0.2) is 117 Å². The van der Waals surface area contributed by atoms with Gasteiger partial charge in [0.05, 0.1) is 13.2 Å². The summed E-state index contributed by atoms with van der Waals surface area (Å²) in [6.07, 6.45) is -8.68. The number of aliphatic hydroxyl groups is 5. The molecule has 0 amide bonds. The van der Waals surface area contributed by atoms with E-state index in [-0.39, 0.29) is 65.7 Å². The van der Waals surface area contributed by atoms with E-state index in [1.165, 1.54) is 0 Å². The van der Waals surface area contributed by atoms with Crippen molar-refractivity contribution in [2.45, 2.75) is 114 Å². The Morgan fingerprint density at radius 2 is 1.52 bits per heavy atom. The monoisotopic (exact) mass is 619 g/mol. The minimum atomic E-state index is -5.24. The number of rotatable bonds is 15. The third-order valence-electron chi connectivity index (χ3n) is 6.29. The minimum absolute atomic E-state index is 0. The van der Waals surface area contributed by atoms with E-state index < -0.39 is 88.3 Å². The van der Waals surface area contributed by atoms with Crippen LogP contribution in [-0.2, 0) is 28.0 Å². The van der Waals surface area contributed by atoms with Gasteiger partial charge in [-0.15, -0.1) is 0 Å². The number of phosphoric ester groups is 1. The first-order chi connectivity index (χ1) is 17.9. The Balaban J connectivity index is 0.00000760. The van der Waals surface area contributed by atoms with Gasteiger partial charge < -0.3 is 63.9 Å². The maximum Gasteiger partial charge on any atom is 1.00 e. The van der Waals surface area contributed by atoms with Gasteiger partial charge in [-0.05, 0) is 19.2 Å². The van der Waals surface area contributed by atoms with Crippen molar-refractivity contribution in [3.8, 4) is 0 Å². The van der Waals surface area contributed by atoms with Crippen LogP contribution < -0.4 is 69.1 Å². The van der Waals surface area contributed by atoms with Crippen molar-refractivity contribution < 1.29 is 128 Å². The fourth-order valence-electron chi connectivity index (χ4n) is 4.28. The van der Waals surface area contributed by atoms with Gasteiger partial charge in [0.1, 0.15) is 48.8 Å². The Hall–Kier alpha value is 1.22. The van der Waals surface area contributed by atoms with Gasteiger partial charge in [-0.1, -0.05) is 39.0 Å². The molecular weight excluding hydrogens is 579 g/mol. The summed E-state index contributed by atoms with van der Waals surface area (Å²) in [5, 5.41) is 62.7. The molecule has 0 radical (unpaired) electrons. The van der Waals surface area contributed by atoms with Crippen molar-refractivity contribution in [2.24, 2.45) is 4.99 Å². The number of hydrogen-bond donors (Lipinski definition) is 6. The van der Waals surface area contributed by atoms with E-state index in [0.717, 1.165) is 39.0 Å². The van der Waals surface area contributed by atoms with Crippen LogP contribution in [0.5, 0.6) is 0 Å². The zero-order valence-corrected chi connectivity index (χ0v) is 28.4. The van der Waals surface area contributed by atoms with Gasteiger partial charge >= 0.3 is 59.1 Å². The van der Waals surface area contributed by atoms with E-state index in [4.69, 9.17) is 23.8 Å². The average molecular weight is 620 g/mol. The summed E-state index contributed by atoms with van der Waals surface area (Å²) < 4.78 is 38.1. The third kappa shape index (κ3) is 13.1. The van der Waals surface area contributed by atoms with E-state index >= 15 is 0 Å². The van der Waals surface area contributed by atoms with Gasteiger partial charge in [-0.25, -0.2) is 0 Å². The molecule has 0 aromatic heterocycles. The van der Waals surface area contributed by atoms with Gasteiger partial charge in [0.2, 0.25) is 0 Å². The van der Waals surface area contributed by atoms with Crippen molar-refractivity contribution in [1.82, 2.24) is 0 Å². The molecule has 40 heavy (non-hydrogen) atoms. The van der Waals surface area contributed by atoms with E-state index in [2.05, 4.69) is 16.4 Å². The largest absolute Gasteiger partial charge is 1.00 e. The molecule has 1 unspecified atom stereocenters. The van der Waals surface area contributed by atoms with Crippen molar-refractivity contribution in [2.75, 3.05) is 19.8 Å². The summed E-state index contributed by atoms with van der Waals surface area (Å²) >= 11 is 0. The fraction of sp³-hybridized carbons (Fsp3) is 0.955. The van der Waals surface area contributed by atoms with Crippen LogP contribution in [0.25, 0.3) is 0 Å². The van der Waals surface area contributed by atoms with E-state index in [1.54, 1.807) is 0 Å². The molecule has 2 heterocycles. The predicted molar refractivity (Wildman–Crippen MR) is 125 cm³/mol. The Bertz CT molecular complexity index is 774. The molecule has 6 N–H and O–H groups in total. The molecule has 0 saturated carbocycles. The predicted octanol–water partition coefficient (Wildman–Crippen LogP) is -8.73. The minimum Gasteiger partial charge on any atom is -0.862 e. The second-order valence-electron chi connectivity index (χ2n) is 9.37. The Labute approximate surface area is 278 Å². The number of unbranched alkanes of at least 4 members (excludes halogenated alkanes) is 5. The molecule has 2 saturated heterocycles. The van der Waals surface area contributed by atoms with Crippen LogP contribution >= 0.6 is 7.82 Å². The number of nitrogens with zero attached hydrogens (tertiary/aromatic N) is 1. The molecule has 0 aliphatic carbocycles. The fourth-order valence-corrected chi connectivity index (χ4v) is 4.61. The van der Waals surface area contributed by atoms with E-state index in [1.807, 2.05) is 0 Å². The van der Waals surface area contributed by atoms with Crippen LogP contribution in [0.4, 0.5) is 0 Å². The van der Waals surface area contributed by atoms with Gasteiger partial charge in [0.15, 0.2) is 12.6 Å². The number of hydrogen-bond acceptors (Lipinski definition) is 14. The van der Waals surface area contributed by atoms with Crippen LogP contribution in [0.15, 0.2) is 4.99 Å². The van der Waals surface area contributed by atoms with Crippen LogP contribution in [0, 0.1) is 0 Å². The molecule has 15 nitrogen and oxygen atoms in total. The van der Waals surface area contributed by atoms with Gasteiger partial charge in [-0.3, -0.25) is 9.56 Å². The summed E-state index contributed by atoms with van der Waals surface area (Å²) in [6, 6.07) is -1.34. The average Bonchev–Trinajstić information content (AvgIpc) is 2.85. The maximum absolute atomic E-state index is 11.8. The molecule has 0 spiro atoms. The number of phosphoric acid groups is 1. The van der Waals surface area contributed by atoms with Crippen molar-refractivity contribution in [3.05, 3.63) is 0 Å². The summed E-state index contributed by atoms with van der Waals surface area (Å²) in [6.45, 7) is 1.81. The first-order valence-corrected chi connectivity index (χ1v) is 14.2. The normalized spacial score (nSPS) is 36.3. The Morgan fingerprint density at radius 3 is 2.10 bits per heavy atom. The molecule has 2 aliphatic heterocycles. The van der Waals surface area contributed by atoms with Crippen molar-refractivity contribution in [3.63, 3.8) is 0 Å². The molecule has 2 fully saturated rings. The van der Waals surface area contributed by atoms with Crippen molar-refractivity contribution >= 4 is 13.7 Å². The molecule has 0 aromatic rings.